The van der Waals surface area contributed by atoms with E-state index in [1.807, 2.05) is 0 Å². The van der Waals surface area contributed by atoms with Crippen molar-refractivity contribution in [2.45, 2.75) is 0 Å². The van der Waals surface area contributed by atoms with Crippen molar-refractivity contribution in [3.8, 4) is 0 Å². The van der Waals surface area contributed by atoms with Gasteiger partial charge in [0.15, 0.2) is 0 Å². The molecule has 0 aromatic rings. The van der Waals surface area contributed by atoms with Crippen LogP contribution in [-0.2, 0) is 22.6 Å². The van der Waals surface area contributed by atoms with E-state index >= 15 is 0 Å². The molecular weight excluding hydrogens is 280 g/mol. The Morgan fingerprint density at radius 2 is 1.00 bits per heavy atom. The second kappa shape index (κ2) is 131. The molecule has 0 bridgehead atoms. The fraction of sp³-hybridized carbons (Fsp3) is 0. The molecule has 0 aliphatic rings. The van der Waals surface area contributed by atoms with Crippen molar-refractivity contribution in [3.05, 3.63) is 0 Å². The molecule has 0 aliphatic heterocycles. The van der Waals surface area contributed by atoms with Crippen LogP contribution >= 0.6 is 49.1 Å². The van der Waals surface area contributed by atoms with Crippen molar-refractivity contribution in [3.63, 3.8) is 0 Å². The summed E-state index contributed by atoms with van der Waals surface area (Å²) in [5.74, 6) is 0. The van der Waals surface area contributed by atoms with Gasteiger partial charge in [-0.1, -0.05) is 0 Å². The number of hydrogen-bond acceptors (Lipinski definition) is 2. The first-order valence-corrected chi connectivity index (χ1v) is 1.27. The van der Waals surface area contributed by atoms with E-state index in [-0.39, 0.29) is 37.2 Å². The maximum absolute atomic E-state index is 8.10. The summed E-state index contributed by atoms with van der Waals surface area (Å²) in [4.78, 5) is 0. The molecule has 0 unspecified atom stereocenters. The summed E-state index contributed by atoms with van der Waals surface area (Å²) in [6.45, 7) is 0. The third kappa shape index (κ3) is 94.4. The number of hydrogen-bond donors (Lipinski definition) is 1. The molecule has 0 saturated carbocycles. The summed E-state index contributed by atoms with van der Waals surface area (Å²) in [6, 6.07) is 0. The first kappa shape index (κ1) is 38.4. The Labute approximate surface area is 76.1 Å². The van der Waals surface area contributed by atoms with Gasteiger partial charge in [0, 0.05) is 0 Å². The van der Waals surface area contributed by atoms with E-state index in [9.17, 15) is 0 Å². The Bertz CT molecular complexity index is 9.65. The molecule has 0 rings (SSSR count). The first-order valence-electron chi connectivity index (χ1n) is 0.298. The van der Waals surface area contributed by atoms with E-state index in [4.69, 9.17) is 8.13 Å². The fourth-order valence-electron chi connectivity index (χ4n) is 0. The van der Waals surface area contributed by atoms with Crippen LogP contribution < -0.4 is 0 Å². The Hall–Kier alpha value is 1.58. The quantitative estimate of drug-likeness (QED) is 0.680. The summed E-state index contributed by atoms with van der Waals surface area (Å²) in [7, 11) is 0. The predicted molar refractivity (Wildman–Crippen MR) is 30.5 cm³/mol. The predicted octanol–water partition coefficient (Wildman–Crippen LogP) is 1.28. The molecule has 2 nitrogen and oxygen atoms in total. The first-order chi connectivity index (χ1) is 2.00. The Balaban J connectivity index is -0.00000000267. The van der Waals surface area contributed by atoms with Gasteiger partial charge in [-0.2, -0.15) is 0 Å². The van der Waals surface area contributed by atoms with Gasteiger partial charge in [-0.3, -0.25) is 4.66 Å². The standard InChI is InChI=1S/ClHO.3ClH.O.Pd/c1-2;;;;;/h2H;3*1H;;. The Kier molecular flexibility index (Phi) is 721. The van der Waals surface area contributed by atoms with Gasteiger partial charge in [0.25, 0.3) is 0 Å². The molecule has 0 atom stereocenters. The van der Waals surface area contributed by atoms with E-state index in [1.54, 1.807) is 0 Å². The zero-order valence-electron chi connectivity index (χ0n) is 2.77. The van der Waals surface area contributed by atoms with E-state index in [2.05, 4.69) is 11.9 Å². The molecule has 0 aliphatic carbocycles. The van der Waals surface area contributed by atoms with Crippen LogP contribution in [0.1, 0.15) is 0 Å². The number of halogens is 4. The van der Waals surface area contributed by atoms with Gasteiger partial charge in [-0.15, -0.1) is 37.2 Å². The molecule has 0 aromatic carbocycles. The molecule has 0 spiro atoms. The van der Waals surface area contributed by atoms with Crippen LogP contribution in [0.2, 0.25) is 0 Å². The molecule has 7 heteroatoms. The molecule has 0 aromatic heterocycles. The molecule has 54 valence electrons. The second-order valence-corrected chi connectivity index (χ2v) is 0. The normalized spacial score (nSPS) is 1.71. The summed E-state index contributed by atoms with van der Waals surface area (Å²) in [5, 5.41) is 0. The van der Waals surface area contributed by atoms with E-state index in [0.29, 0.717) is 0 Å². The second-order valence-electron chi connectivity index (χ2n) is 0. The summed E-state index contributed by atoms with van der Waals surface area (Å²) in [5.41, 5.74) is 0. The van der Waals surface area contributed by atoms with Crippen molar-refractivity contribution in [2.75, 3.05) is 0 Å². The van der Waals surface area contributed by atoms with Crippen molar-refractivity contribution in [2.24, 2.45) is 0 Å². The fourth-order valence-corrected chi connectivity index (χ4v) is 0. The Morgan fingerprint density at radius 1 is 1.00 bits per heavy atom. The minimum absolute atomic E-state index is 0. The zero-order valence-corrected chi connectivity index (χ0v) is 7.53. The van der Waals surface area contributed by atoms with Gasteiger partial charge in [0.1, 0.15) is 0 Å². The third-order valence-corrected chi connectivity index (χ3v) is 0. The van der Waals surface area contributed by atoms with Gasteiger partial charge >= 0.3 is 22.6 Å². The summed E-state index contributed by atoms with van der Waals surface area (Å²) < 4.78 is 14.6. The maximum atomic E-state index is 8.10. The van der Waals surface area contributed by atoms with Crippen LogP contribution in [0.5, 0.6) is 0 Å². The van der Waals surface area contributed by atoms with Gasteiger partial charge in [0.05, 0.1) is 11.9 Å². The van der Waals surface area contributed by atoms with Gasteiger partial charge in [-0.25, -0.2) is 0 Å². The molecule has 1 N–H and O–H groups in total. The molecule has 0 amide bonds. The average Bonchev–Trinajstić information content (AvgIpc) is 1.50. The molecule has 0 saturated heterocycles. The van der Waals surface area contributed by atoms with Crippen molar-refractivity contribution in [1.82, 2.24) is 0 Å². The van der Waals surface area contributed by atoms with Crippen LogP contribution in [0.15, 0.2) is 0 Å². The van der Waals surface area contributed by atoms with Gasteiger partial charge in [0.2, 0.25) is 0 Å². The van der Waals surface area contributed by atoms with E-state index < -0.39 is 0 Å². The van der Waals surface area contributed by atoms with Gasteiger partial charge in [-0.05, 0) is 0 Å². The SMILES string of the molecule is Cl.Cl.Cl.OCl.[O]=[Pd]. The average molecular weight is 284 g/mol. The van der Waals surface area contributed by atoms with E-state index in [1.165, 1.54) is 19.2 Å². The molecule has 0 radical (unpaired) electrons. The monoisotopic (exact) mass is 282 g/mol. The topological polar surface area (TPSA) is 37.3 Å². The zero-order chi connectivity index (χ0) is 4.00. The third-order valence-electron chi connectivity index (χ3n) is 0. The van der Waals surface area contributed by atoms with Crippen molar-refractivity contribution >= 4 is 49.1 Å². The minimum atomic E-state index is 0. The van der Waals surface area contributed by atoms with Crippen LogP contribution in [-0.4, -0.2) is 4.66 Å². The molecule has 0 heterocycles. The van der Waals surface area contributed by atoms with Crippen LogP contribution in [0.3, 0.4) is 0 Å². The number of rotatable bonds is 0. The van der Waals surface area contributed by atoms with Crippen molar-refractivity contribution in [1.29, 1.82) is 0 Å². The Morgan fingerprint density at radius 3 is 1.00 bits per heavy atom. The van der Waals surface area contributed by atoms with Gasteiger partial charge < -0.3 is 0 Å². The van der Waals surface area contributed by atoms with E-state index in [0.717, 1.165) is 0 Å². The van der Waals surface area contributed by atoms with Crippen LogP contribution in [0, 0.1) is 0 Å². The molecule has 0 fully saturated rings. The summed E-state index contributed by atoms with van der Waals surface area (Å²) >= 11 is 5.14. The molecular formula is H4Cl4O2Pd. The van der Waals surface area contributed by atoms with Crippen LogP contribution in [0.25, 0.3) is 0 Å². The van der Waals surface area contributed by atoms with Crippen LogP contribution in [0.4, 0.5) is 0 Å². The summed E-state index contributed by atoms with van der Waals surface area (Å²) in [6.07, 6.45) is 0. The van der Waals surface area contributed by atoms with Crippen molar-refractivity contribution < 1.29 is 27.3 Å². The molecule has 7 heavy (non-hydrogen) atoms.